The van der Waals surface area contributed by atoms with Crippen LogP contribution in [0.15, 0.2) is 18.2 Å². The fraction of sp³-hybridized carbons (Fsp3) is 0.533. The van der Waals surface area contributed by atoms with E-state index in [0.29, 0.717) is 12.3 Å². The van der Waals surface area contributed by atoms with Crippen molar-refractivity contribution in [3.63, 3.8) is 0 Å². The van der Waals surface area contributed by atoms with E-state index in [9.17, 15) is 9.90 Å². The van der Waals surface area contributed by atoms with E-state index >= 15 is 0 Å². The fourth-order valence-electron chi connectivity index (χ4n) is 2.25. The molecule has 1 saturated carbocycles. The highest BCUT2D eigenvalue weighted by atomic mass is 16.5. The Morgan fingerprint density at radius 3 is 2.56 bits per heavy atom. The summed E-state index contributed by atoms with van der Waals surface area (Å²) >= 11 is 0. The third-order valence-corrected chi connectivity index (χ3v) is 3.81. The number of aliphatic carboxylic acids is 1. The zero-order valence-corrected chi connectivity index (χ0v) is 11.2. The van der Waals surface area contributed by atoms with Crippen LogP contribution in [-0.4, -0.2) is 18.2 Å². The first-order valence-corrected chi connectivity index (χ1v) is 6.39. The number of rotatable bonds is 5. The Balaban J connectivity index is 2.26. The van der Waals surface area contributed by atoms with Crippen LogP contribution in [0.5, 0.6) is 5.75 Å². The molecule has 2 rings (SSSR count). The quantitative estimate of drug-likeness (QED) is 0.870. The van der Waals surface area contributed by atoms with Gasteiger partial charge < -0.3 is 9.84 Å². The van der Waals surface area contributed by atoms with Crippen LogP contribution >= 0.6 is 0 Å². The van der Waals surface area contributed by atoms with Crippen molar-refractivity contribution in [1.29, 1.82) is 0 Å². The molecule has 1 aliphatic rings. The van der Waals surface area contributed by atoms with E-state index in [0.717, 1.165) is 24.2 Å². The third-order valence-electron chi connectivity index (χ3n) is 3.81. The molecule has 1 fully saturated rings. The number of benzene rings is 1. The number of methoxy groups -OCH3 is 1. The molecule has 0 bridgehead atoms. The summed E-state index contributed by atoms with van der Waals surface area (Å²) in [5.74, 6) is 0.577. The van der Waals surface area contributed by atoms with Crippen molar-refractivity contribution in [2.24, 2.45) is 5.41 Å². The minimum Gasteiger partial charge on any atom is -0.496 e. The second-order valence-electron chi connectivity index (χ2n) is 5.49. The first-order valence-electron chi connectivity index (χ1n) is 6.39. The standard InChI is InChI=1S/C15H20O3/c1-10(2)11-4-5-12(13(8-11)18-3)9-15(6-7-15)14(16)17/h4-5,8,10H,6-7,9H2,1-3H3,(H,16,17). The lowest BCUT2D eigenvalue weighted by molar-refractivity contribution is -0.143. The number of ether oxygens (including phenoxy) is 1. The average Bonchev–Trinajstić information content (AvgIpc) is 3.10. The van der Waals surface area contributed by atoms with E-state index in [2.05, 4.69) is 19.9 Å². The molecule has 1 N–H and O–H groups in total. The first-order chi connectivity index (χ1) is 8.48. The Bertz CT molecular complexity index is 459. The molecule has 0 unspecified atom stereocenters. The molecule has 0 radical (unpaired) electrons. The van der Waals surface area contributed by atoms with E-state index in [1.165, 1.54) is 5.56 Å². The van der Waals surface area contributed by atoms with Crippen molar-refractivity contribution in [3.8, 4) is 5.75 Å². The molecule has 1 aliphatic carbocycles. The van der Waals surface area contributed by atoms with E-state index in [-0.39, 0.29) is 0 Å². The molecule has 18 heavy (non-hydrogen) atoms. The second kappa shape index (κ2) is 4.63. The van der Waals surface area contributed by atoms with Gasteiger partial charge in [-0.1, -0.05) is 26.0 Å². The molecule has 0 spiro atoms. The number of carboxylic acid groups (broad SMARTS) is 1. The smallest absolute Gasteiger partial charge is 0.309 e. The molecule has 98 valence electrons. The van der Waals surface area contributed by atoms with Gasteiger partial charge in [0.25, 0.3) is 0 Å². The number of hydrogen-bond donors (Lipinski definition) is 1. The summed E-state index contributed by atoms with van der Waals surface area (Å²) in [7, 11) is 1.64. The monoisotopic (exact) mass is 248 g/mol. The van der Waals surface area contributed by atoms with E-state index in [1.807, 2.05) is 12.1 Å². The van der Waals surface area contributed by atoms with Crippen molar-refractivity contribution < 1.29 is 14.6 Å². The molecule has 0 amide bonds. The van der Waals surface area contributed by atoms with Gasteiger partial charge in [-0.3, -0.25) is 4.79 Å². The summed E-state index contributed by atoms with van der Waals surface area (Å²) in [6.45, 7) is 4.27. The molecule has 3 nitrogen and oxygen atoms in total. The molecular formula is C15H20O3. The highest BCUT2D eigenvalue weighted by Crippen LogP contribution is 2.49. The van der Waals surface area contributed by atoms with Crippen LogP contribution in [0.3, 0.4) is 0 Å². The van der Waals surface area contributed by atoms with Gasteiger partial charge in [0.15, 0.2) is 0 Å². The third kappa shape index (κ3) is 2.35. The van der Waals surface area contributed by atoms with Crippen LogP contribution in [0.25, 0.3) is 0 Å². The highest BCUT2D eigenvalue weighted by Gasteiger charge is 2.50. The van der Waals surface area contributed by atoms with Gasteiger partial charge in [-0.25, -0.2) is 0 Å². The lowest BCUT2D eigenvalue weighted by Crippen LogP contribution is -2.18. The second-order valence-corrected chi connectivity index (χ2v) is 5.49. The molecule has 0 saturated heterocycles. The molecule has 3 heteroatoms. The van der Waals surface area contributed by atoms with Crippen molar-refractivity contribution in [3.05, 3.63) is 29.3 Å². The van der Waals surface area contributed by atoms with Gasteiger partial charge in [0, 0.05) is 0 Å². The van der Waals surface area contributed by atoms with E-state index in [4.69, 9.17) is 4.74 Å². The lowest BCUT2D eigenvalue weighted by Gasteiger charge is -2.15. The summed E-state index contributed by atoms with van der Waals surface area (Å²) < 4.78 is 5.40. The molecule has 0 aromatic heterocycles. The molecular weight excluding hydrogens is 228 g/mol. The average molecular weight is 248 g/mol. The number of hydrogen-bond acceptors (Lipinski definition) is 2. The van der Waals surface area contributed by atoms with Crippen molar-refractivity contribution in [2.75, 3.05) is 7.11 Å². The Hall–Kier alpha value is -1.51. The summed E-state index contributed by atoms with van der Waals surface area (Å²) in [4.78, 5) is 11.2. The molecule has 1 aromatic carbocycles. The van der Waals surface area contributed by atoms with Crippen molar-refractivity contribution >= 4 is 5.97 Å². The first kappa shape index (κ1) is 12.9. The van der Waals surface area contributed by atoms with Crippen LogP contribution in [0.2, 0.25) is 0 Å². The predicted octanol–water partition coefficient (Wildman–Crippen LogP) is 3.23. The summed E-state index contributed by atoms with van der Waals surface area (Å²) in [6, 6.07) is 6.11. The van der Waals surface area contributed by atoms with Gasteiger partial charge in [-0.05, 0) is 42.4 Å². The van der Waals surface area contributed by atoms with Gasteiger partial charge in [-0.2, -0.15) is 0 Å². The normalized spacial score (nSPS) is 16.7. The fourth-order valence-corrected chi connectivity index (χ4v) is 2.25. The maximum Gasteiger partial charge on any atom is 0.309 e. The summed E-state index contributed by atoms with van der Waals surface area (Å²) in [6.07, 6.45) is 2.12. The van der Waals surface area contributed by atoms with Crippen LogP contribution < -0.4 is 4.74 Å². The van der Waals surface area contributed by atoms with E-state index in [1.54, 1.807) is 7.11 Å². The van der Waals surface area contributed by atoms with Crippen molar-refractivity contribution in [1.82, 2.24) is 0 Å². The zero-order valence-electron chi connectivity index (χ0n) is 11.2. The highest BCUT2D eigenvalue weighted by molar-refractivity contribution is 5.78. The Morgan fingerprint density at radius 2 is 2.11 bits per heavy atom. The maximum absolute atomic E-state index is 11.2. The van der Waals surface area contributed by atoms with Gasteiger partial charge in [-0.15, -0.1) is 0 Å². The van der Waals surface area contributed by atoms with Crippen LogP contribution in [0.1, 0.15) is 43.7 Å². The summed E-state index contributed by atoms with van der Waals surface area (Å²) in [5, 5.41) is 9.23. The van der Waals surface area contributed by atoms with Gasteiger partial charge in [0.05, 0.1) is 12.5 Å². The Labute approximate surface area is 108 Å². The predicted molar refractivity (Wildman–Crippen MR) is 70.1 cm³/mol. The topological polar surface area (TPSA) is 46.5 Å². The van der Waals surface area contributed by atoms with Crippen molar-refractivity contribution in [2.45, 2.75) is 39.0 Å². The molecule has 1 aromatic rings. The van der Waals surface area contributed by atoms with Crippen LogP contribution in [0, 0.1) is 5.41 Å². The van der Waals surface area contributed by atoms with Gasteiger partial charge in [0.2, 0.25) is 0 Å². The van der Waals surface area contributed by atoms with Gasteiger partial charge in [0.1, 0.15) is 5.75 Å². The number of carbonyl (C=O) groups is 1. The maximum atomic E-state index is 11.2. The minimum absolute atomic E-state index is 0.447. The van der Waals surface area contributed by atoms with Crippen LogP contribution in [-0.2, 0) is 11.2 Å². The Morgan fingerprint density at radius 1 is 1.44 bits per heavy atom. The lowest BCUT2D eigenvalue weighted by atomic mass is 9.93. The van der Waals surface area contributed by atoms with E-state index < -0.39 is 11.4 Å². The van der Waals surface area contributed by atoms with Crippen LogP contribution in [0.4, 0.5) is 0 Å². The molecule has 0 aliphatic heterocycles. The molecule has 0 atom stereocenters. The summed E-state index contributed by atoms with van der Waals surface area (Å²) in [5.41, 5.74) is 1.68. The number of carboxylic acids is 1. The zero-order chi connectivity index (χ0) is 13.3. The molecule has 0 heterocycles. The Kier molecular flexibility index (Phi) is 3.33. The SMILES string of the molecule is COc1cc(C(C)C)ccc1CC1(C(=O)O)CC1. The van der Waals surface area contributed by atoms with Gasteiger partial charge >= 0.3 is 5.97 Å². The largest absolute Gasteiger partial charge is 0.496 e. The minimum atomic E-state index is -0.683.